The van der Waals surface area contributed by atoms with Crippen LogP contribution in [0.1, 0.15) is 15.9 Å². The number of nitrogens with one attached hydrogen (secondary N) is 1. The maximum absolute atomic E-state index is 12.6. The van der Waals surface area contributed by atoms with Crippen LogP contribution in [-0.4, -0.2) is 35.7 Å². The number of carbonyl (C=O) groups is 1. The lowest BCUT2D eigenvalue weighted by molar-refractivity contribution is 0.102. The first-order valence-electron chi connectivity index (χ1n) is 7.46. The Labute approximate surface area is 151 Å². The van der Waals surface area contributed by atoms with Gasteiger partial charge in [0.05, 0.1) is 31.8 Å². The van der Waals surface area contributed by atoms with E-state index in [2.05, 4.69) is 5.32 Å². The third kappa shape index (κ3) is 4.06. The number of amides is 1. The van der Waals surface area contributed by atoms with E-state index in [9.17, 15) is 13.2 Å². The topological polar surface area (TPSA) is 117 Å². The summed E-state index contributed by atoms with van der Waals surface area (Å²) < 4.78 is 38.9. The summed E-state index contributed by atoms with van der Waals surface area (Å²) in [5, 5.41) is 7.82. The van der Waals surface area contributed by atoms with Crippen LogP contribution in [0.2, 0.25) is 0 Å². The molecule has 8 nitrogen and oxygen atoms in total. The van der Waals surface area contributed by atoms with Gasteiger partial charge < -0.3 is 19.5 Å². The highest BCUT2D eigenvalue weighted by Crippen LogP contribution is 2.35. The van der Waals surface area contributed by atoms with Crippen LogP contribution in [0.5, 0.6) is 17.2 Å². The Hall–Kier alpha value is -2.78. The number of sulfonamides is 1. The maximum atomic E-state index is 12.6. The van der Waals surface area contributed by atoms with Crippen molar-refractivity contribution in [2.45, 2.75) is 11.8 Å². The fourth-order valence-electron chi connectivity index (χ4n) is 2.39. The number of rotatable bonds is 6. The highest BCUT2D eigenvalue weighted by atomic mass is 32.2. The molecule has 0 saturated carbocycles. The number of methoxy groups -OCH3 is 3. The Kier molecular flexibility index (Phi) is 5.73. The van der Waals surface area contributed by atoms with Crippen molar-refractivity contribution in [1.82, 2.24) is 0 Å². The summed E-state index contributed by atoms with van der Waals surface area (Å²) in [6, 6.07) is 7.44. The lowest BCUT2D eigenvalue weighted by Crippen LogP contribution is -2.16. The zero-order chi connectivity index (χ0) is 19.5. The summed E-state index contributed by atoms with van der Waals surface area (Å²) in [6.45, 7) is 1.61. The average Bonchev–Trinajstić information content (AvgIpc) is 2.60. The van der Waals surface area contributed by atoms with Crippen molar-refractivity contribution in [3.8, 4) is 17.2 Å². The molecule has 0 radical (unpaired) electrons. The monoisotopic (exact) mass is 380 g/mol. The van der Waals surface area contributed by atoms with Gasteiger partial charge in [-0.15, -0.1) is 0 Å². The summed E-state index contributed by atoms with van der Waals surface area (Å²) in [5.74, 6) is 0.534. The molecule has 0 spiro atoms. The predicted octanol–water partition coefficient (Wildman–Crippen LogP) is 1.92. The first-order valence-corrected chi connectivity index (χ1v) is 9.00. The first kappa shape index (κ1) is 19.5. The molecule has 0 bridgehead atoms. The molecule has 2 rings (SSSR count). The Morgan fingerprint density at radius 1 is 0.962 bits per heavy atom. The van der Waals surface area contributed by atoms with Gasteiger partial charge >= 0.3 is 0 Å². The van der Waals surface area contributed by atoms with E-state index >= 15 is 0 Å². The maximum Gasteiger partial charge on any atom is 0.259 e. The van der Waals surface area contributed by atoms with Crippen LogP contribution >= 0.6 is 0 Å². The number of hydrogen-bond donors (Lipinski definition) is 2. The molecule has 2 aromatic carbocycles. The molecule has 0 unspecified atom stereocenters. The Morgan fingerprint density at radius 3 is 2.08 bits per heavy atom. The highest BCUT2D eigenvalue weighted by Gasteiger charge is 2.19. The number of anilines is 1. The van der Waals surface area contributed by atoms with Crippen LogP contribution in [0.3, 0.4) is 0 Å². The Morgan fingerprint density at radius 2 is 1.54 bits per heavy atom. The van der Waals surface area contributed by atoms with Crippen molar-refractivity contribution in [2.24, 2.45) is 5.14 Å². The number of benzene rings is 2. The van der Waals surface area contributed by atoms with E-state index in [-0.39, 0.29) is 21.9 Å². The summed E-state index contributed by atoms with van der Waals surface area (Å²) in [5.41, 5.74) is 0.957. The van der Waals surface area contributed by atoms with Gasteiger partial charge in [0.15, 0.2) is 11.5 Å². The van der Waals surface area contributed by atoms with Gasteiger partial charge in [-0.3, -0.25) is 4.79 Å². The standard InChI is InChI=1S/C17H20N2O6S/c1-10-5-6-11(7-16(10)26(18,21)22)19-17(20)12-8-14(24-3)15(25-4)9-13(12)23-2/h5-9H,1-4H3,(H,19,20)(H2,18,21,22). The van der Waals surface area contributed by atoms with Gasteiger partial charge in [-0.25, -0.2) is 13.6 Å². The molecule has 0 atom stereocenters. The van der Waals surface area contributed by atoms with Crippen molar-refractivity contribution in [2.75, 3.05) is 26.6 Å². The van der Waals surface area contributed by atoms with Crippen molar-refractivity contribution < 1.29 is 27.4 Å². The SMILES string of the molecule is COc1cc(OC)c(C(=O)Nc2ccc(C)c(S(N)(=O)=O)c2)cc1OC. The molecular formula is C17H20N2O6S. The van der Waals surface area contributed by atoms with Crippen LogP contribution in [0.15, 0.2) is 35.2 Å². The van der Waals surface area contributed by atoms with Crippen LogP contribution < -0.4 is 24.7 Å². The Balaban J connectivity index is 2.42. The second-order valence-electron chi connectivity index (χ2n) is 5.39. The minimum Gasteiger partial charge on any atom is -0.496 e. The van der Waals surface area contributed by atoms with Crippen LogP contribution in [0, 0.1) is 6.92 Å². The van der Waals surface area contributed by atoms with Gasteiger partial charge in [-0.1, -0.05) is 6.07 Å². The molecule has 0 saturated heterocycles. The molecule has 2 aromatic rings. The molecule has 0 heterocycles. The predicted molar refractivity (Wildman–Crippen MR) is 96.6 cm³/mol. The van der Waals surface area contributed by atoms with Gasteiger partial charge in [0.25, 0.3) is 5.91 Å². The number of primary sulfonamides is 1. The lowest BCUT2D eigenvalue weighted by Gasteiger charge is -2.14. The number of hydrogen-bond acceptors (Lipinski definition) is 6. The molecule has 1 amide bonds. The van der Waals surface area contributed by atoms with Crippen molar-refractivity contribution in [1.29, 1.82) is 0 Å². The number of carbonyl (C=O) groups excluding carboxylic acids is 1. The van der Waals surface area contributed by atoms with E-state index in [4.69, 9.17) is 19.3 Å². The second-order valence-corrected chi connectivity index (χ2v) is 6.92. The third-order valence-corrected chi connectivity index (χ3v) is 4.76. The quantitative estimate of drug-likeness (QED) is 0.791. The minimum absolute atomic E-state index is 0.0606. The van der Waals surface area contributed by atoms with E-state index in [1.165, 1.54) is 39.5 Å². The van der Waals surface area contributed by atoms with E-state index in [0.29, 0.717) is 17.1 Å². The molecule has 3 N–H and O–H groups in total. The van der Waals surface area contributed by atoms with E-state index < -0.39 is 15.9 Å². The highest BCUT2D eigenvalue weighted by molar-refractivity contribution is 7.89. The van der Waals surface area contributed by atoms with Gasteiger partial charge in [0.2, 0.25) is 10.0 Å². The zero-order valence-corrected chi connectivity index (χ0v) is 15.6. The van der Waals surface area contributed by atoms with Gasteiger partial charge in [-0.2, -0.15) is 0 Å². The first-order chi connectivity index (χ1) is 12.2. The van der Waals surface area contributed by atoms with E-state index in [1.54, 1.807) is 19.1 Å². The molecule has 140 valence electrons. The molecule has 0 fully saturated rings. The van der Waals surface area contributed by atoms with E-state index in [1.807, 2.05) is 0 Å². The van der Waals surface area contributed by atoms with E-state index in [0.717, 1.165) is 0 Å². The summed E-state index contributed by atoms with van der Waals surface area (Å²) in [4.78, 5) is 12.6. The fourth-order valence-corrected chi connectivity index (χ4v) is 3.20. The summed E-state index contributed by atoms with van der Waals surface area (Å²) >= 11 is 0. The minimum atomic E-state index is -3.90. The normalized spacial score (nSPS) is 11.0. The molecule has 26 heavy (non-hydrogen) atoms. The number of nitrogens with two attached hydrogens (primary N) is 1. The van der Waals surface area contributed by atoms with Crippen LogP contribution in [0.25, 0.3) is 0 Å². The van der Waals surface area contributed by atoms with Crippen molar-refractivity contribution >= 4 is 21.6 Å². The number of aryl methyl sites for hydroxylation is 1. The molecule has 0 aliphatic heterocycles. The largest absolute Gasteiger partial charge is 0.496 e. The molecular weight excluding hydrogens is 360 g/mol. The summed E-state index contributed by atoms with van der Waals surface area (Å²) in [7, 11) is 0.437. The second kappa shape index (κ2) is 7.63. The van der Waals surface area contributed by atoms with Crippen molar-refractivity contribution in [3.05, 3.63) is 41.5 Å². The molecule has 0 aliphatic carbocycles. The molecule has 0 aromatic heterocycles. The van der Waals surface area contributed by atoms with Gasteiger partial charge in [-0.05, 0) is 24.6 Å². The zero-order valence-electron chi connectivity index (χ0n) is 14.8. The van der Waals surface area contributed by atoms with Gasteiger partial charge in [0.1, 0.15) is 5.75 Å². The number of ether oxygens (including phenoxy) is 3. The van der Waals surface area contributed by atoms with Crippen LogP contribution in [-0.2, 0) is 10.0 Å². The smallest absolute Gasteiger partial charge is 0.259 e. The van der Waals surface area contributed by atoms with Gasteiger partial charge in [0, 0.05) is 17.8 Å². The lowest BCUT2D eigenvalue weighted by atomic mass is 10.1. The Bertz CT molecular complexity index is 941. The van der Waals surface area contributed by atoms with Crippen LogP contribution in [0.4, 0.5) is 5.69 Å². The van der Waals surface area contributed by atoms with Crippen molar-refractivity contribution in [3.63, 3.8) is 0 Å². The fraction of sp³-hybridized carbons (Fsp3) is 0.235. The summed E-state index contributed by atoms with van der Waals surface area (Å²) in [6.07, 6.45) is 0. The third-order valence-electron chi connectivity index (χ3n) is 3.70. The average molecular weight is 380 g/mol. The molecule has 0 aliphatic rings. The molecule has 9 heteroatoms.